The monoisotopic (exact) mass is 935 g/mol. The number of phenolic OH excluding ortho intramolecular Hbond substituents is 1. The van der Waals surface area contributed by atoms with E-state index in [0.29, 0.717) is 50.9 Å². The van der Waals surface area contributed by atoms with Gasteiger partial charge in [-0.25, -0.2) is 13.8 Å². The van der Waals surface area contributed by atoms with Crippen LogP contribution in [0.2, 0.25) is 0 Å². The Balaban J connectivity index is 1.09. The second kappa shape index (κ2) is 17.6. The number of hydrogen-bond acceptors (Lipinski definition) is 11. The SMILES string of the molecule is CCn1c(-c2cccnc2C(C)C)c2c3cc(ccc31)-c1cc(O)cc(c1)C[C@H](NC(=O)[C@H](C(C)C)N1CCC3(CC(S(=O)(=O)[C@H]4CN4)C3)C1=O)C(=O)N1CCC[C@H](N1)C(=O)OCC(C)(C)C2. The third-order valence-corrected chi connectivity index (χ3v) is 17.1. The van der Waals surface area contributed by atoms with E-state index in [9.17, 15) is 32.7 Å². The first-order chi connectivity index (χ1) is 31.8. The first-order valence-electron chi connectivity index (χ1n) is 24.1. The number of aromatic hydroxyl groups is 1. The third kappa shape index (κ3) is 8.73. The minimum absolute atomic E-state index is 0.00477. The fourth-order valence-corrected chi connectivity index (χ4v) is 13.3. The number of nitrogens with one attached hydrogen (secondary N) is 3. The first-order valence-corrected chi connectivity index (χ1v) is 25.7. The molecule has 2 aromatic carbocycles. The zero-order valence-electron chi connectivity index (χ0n) is 39.7. The van der Waals surface area contributed by atoms with Gasteiger partial charge in [0.1, 0.15) is 29.2 Å². The molecule has 1 saturated carbocycles. The molecule has 1 spiro atoms. The molecule has 358 valence electrons. The molecule has 15 nitrogen and oxygen atoms in total. The molecule has 4 N–H and O–H groups in total. The maximum atomic E-state index is 14.8. The van der Waals surface area contributed by atoms with Crippen LogP contribution in [-0.4, -0.2) is 112 Å². The highest BCUT2D eigenvalue weighted by atomic mass is 32.2. The van der Waals surface area contributed by atoms with Crippen molar-refractivity contribution < 1.29 is 37.4 Å². The molecular formula is C51H65N7O8S. The van der Waals surface area contributed by atoms with Gasteiger partial charge in [0.15, 0.2) is 9.84 Å². The van der Waals surface area contributed by atoms with Crippen LogP contribution in [0.5, 0.6) is 5.75 Å². The lowest BCUT2D eigenvalue weighted by Gasteiger charge is -2.43. The standard InChI is InChI=1S/C51H65N7O8S/c1-8-56-41-14-13-32-23-37(41)38(45(56)36-11-9-16-52-43(36)29(2)3)26-50(6,7)28-66-48(62)39-12-10-17-58(55-39)47(61)40(21-31-19-33(32)22-34(59)20-31)54-46(60)44(30(4)5)57-18-15-51(49(57)63)24-35(25-51)67(64,65)42-27-53-42/h9,11,13-14,16,19-20,22-23,29-30,35,39-40,42,44,53,55,59H,8,10,12,15,17-18,21,24-28H2,1-7H3,(H,54,60)/t35?,39-,40-,42-,44-,51?/m0/s1. The molecule has 6 heterocycles. The Morgan fingerprint density at radius 2 is 1.79 bits per heavy atom. The summed E-state index contributed by atoms with van der Waals surface area (Å²) in [5.41, 5.74) is 9.20. The number of carbonyl (C=O) groups is 4. The summed E-state index contributed by atoms with van der Waals surface area (Å²) in [5, 5.41) is 18.5. The number of amides is 3. The van der Waals surface area contributed by atoms with Gasteiger partial charge in [0.2, 0.25) is 11.8 Å². The zero-order chi connectivity index (χ0) is 47.7. The van der Waals surface area contributed by atoms with Crippen molar-refractivity contribution in [2.24, 2.45) is 16.7 Å². The van der Waals surface area contributed by atoms with Gasteiger partial charge in [-0.15, -0.1) is 0 Å². The number of sulfone groups is 1. The van der Waals surface area contributed by atoms with Gasteiger partial charge in [0.25, 0.3) is 5.91 Å². The molecule has 1 aliphatic carbocycles. The quantitative estimate of drug-likeness (QED) is 0.120. The fourth-order valence-electron chi connectivity index (χ4n) is 11.2. The van der Waals surface area contributed by atoms with Crippen LogP contribution in [-0.2, 0) is 53.1 Å². The molecule has 67 heavy (non-hydrogen) atoms. The number of aryl methyl sites for hydroxylation is 1. The highest BCUT2D eigenvalue weighted by Gasteiger charge is 2.61. The highest BCUT2D eigenvalue weighted by molar-refractivity contribution is 7.93. The van der Waals surface area contributed by atoms with E-state index >= 15 is 0 Å². The number of rotatable bonds is 9. The summed E-state index contributed by atoms with van der Waals surface area (Å²) < 4.78 is 34.4. The Kier molecular flexibility index (Phi) is 12.3. The summed E-state index contributed by atoms with van der Waals surface area (Å²) in [7, 11) is -3.38. The van der Waals surface area contributed by atoms with Crippen molar-refractivity contribution in [2.45, 2.75) is 135 Å². The van der Waals surface area contributed by atoms with Crippen LogP contribution >= 0.6 is 0 Å². The van der Waals surface area contributed by atoms with E-state index in [1.807, 2.05) is 38.2 Å². The van der Waals surface area contributed by atoms with Crippen molar-refractivity contribution in [1.82, 2.24) is 35.5 Å². The lowest BCUT2D eigenvalue weighted by atomic mass is 9.67. The lowest BCUT2D eigenvalue weighted by molar-refractivity contribution is -0.155. The minimum atomic E-state index is -3.38. The molecule has 4 aliphatic heterocycles. The molecule has 3 saturated heterocycles. The van der Waals surface area contributed by atoms with Gasteiger partial charge in [0, 0.05) is 60.7 Å². The average Bonchev–Trinajstić information content (AvgIpc) is 4.04. The summed E-state index contributed by atoms with van der Waals surface area (Å²) >= 11 is 0. The molecule has 5 aliphatic rings. The molecule has 4 atom stereocenters. The molecule has 0 radical (unpaired) electrons. The number of benzene rings is 2. The van der Waals surface area contributed by atoms with Gasteiger partial charge >= 0.3 is 5.97 Å². The lowest BCUT2D eigenvalue weighted by Crippen LogP contribution is -2.62. The van der Waals surface area contributed by atoms with Gasteiger partial charge in [0.05, 0.1) is 28.7 Å². The van der Waals surface area contributed by atoms with Crippen LogP contribution in [0.25, 0.3) is 33.3 Å². The van der Waals surface area contributed by atoms with E-state index < -0.39 is 67.2 Å². The maximum Gasteiger partial charge on any atom is 0.324 e. The maximum absolute atomic E-state index is 14.8. The number of esters is 1. The Morgan fingerprint density at radius 1 is 1.03 bits per heavy atom. The highest BCUT2D eigenvalue weighted by Crippen LogP contribution is 2.53. The van der Waals surface area contributed by atoms with Crippen LogP contribution in [0.1, 0.15) is 103 Å². The Hall–Kier alpha value is -5.32. The smallest absolute Gasteiger partial charge is 0.324 e. The van der Waals surface area contributed by atoms with Crippen molar-refractivity contribution in [1.29, 1.82) is 0 Å². The van der Waals surface area contributed by atoms with E-state index in [1.54, 1.807) is 17.0 Å². The van der Waals surface area contributed by atoms with Crippen molar-refractivity contribution in [3.8, 4) is 28.1 Å². The van der Waals surface area contributed by atoms with Crippen LogP contribution in [0, 0.1) is 16.7 Å². The first kappa shape index (κ1) is 46.8. The second-order valence-electron chi connectivity index (χ2n) is 21.0. The van der Waals surface area contributed by atoms with Gasteiger partial charge in [-0.3, -0.25) is 34.5 Å². The number of nitrogens with zero attached hydrogens (tertiary/aromatic N) is 4. The molecule has 9 rings (SSSR count). The van der Waals surface area contributed by atoms with Crippen LogP contribution in [0.4, 0.5) is 0 Å². The summed E-state index contributed by atoms with van der Waals surface area (Å²) in [6, 6.07) is 12.7. The van der Waals surface area contributed by atoms with Crippen molar-refractivity contribution in [2.75, 3.05) is 26.2 Å². The number of aromatic nitrogens is 2. The number of pyridine rings is 1. The summed E-state index contributed by atoms with van der Waals surface area (Å²) in [5.74, 6) is -1.87. The molecule has 2 aromatic heterocycles. The van der Waals surface area contributed by atoms with E-state index in [2.05, 4.69) is 73.4 Å². The van der Waals surface area contributed by atoms with Gasteiger partial charge in [-0.05, 0) is 116 Å². The predicted octanol–water partition coefficient (Wildman–Crippen LogP) is 5.62. The largest absolute Gasteiger partial charge is 0.508 e. The van der Waals surface area contributed by atoms with Crippen molar-refractivity contribution in [3.63, 3.8) is 0 Å². The summed E-state index contributed by atoms with van der Waals surface area (Å²) in [6.07, 6.45) is 4.28. The van der Waals surface area contributed by atoms with Crippen molar-refractivity contribution in [3.05, 3.63) is 71.5 Å². The molecular weight excluding hydrogens is 871 g/mol. The molecule has 4 fully saturated rings. The van der Waals surface area contributed by atoms with E-state index in [0.717, 1.165) is 44.5 Å². The Bertz CT molecular complexity index is 2740. The van der Waals surface area contributed by atoms with Crippen LogP contribution < -0.4 is 16.1 Å². The second-order valence-corrected chi connectivity index (χ2v) is 23.5. The Labute approximate surface area is 393 Å². The van der Waals surface area contributed by atoms with E-state index in [4.69, 9.17) is 9.72 Å². The molecule has 16 heteroatoms. The normalized spacial score (nSPS) is 25.9. The topological polar surface area (TPSA) is 202 Å². The number of cyclic esters (lactones) is 1. The van der Waals surface area contributed by atoms with Gasteiger partial charge in [-0.1, -0.05) is 53.7 Å². The molecule has 3 amide bonds. The fraction of sp³-hybridized carbons (Fsp3) is 0.549. The number of carbonyl (C=O) groups excluding carboxylic acids is 4. The number of ether oxygens (including phenoxy) is 1. The number of hydrazine groups is 1. The van der Waals surface area contributed by atoms with Crippen LogP contribution in [0.15, 0.2) is 54.7 Å². The third-order valence-electron chi connectivity index (χ3n) is 14.7. The molecule has 4 aromatic rings. The number of likely N-dealkylation sites (tertiary alicyclic amines) is 1. The minimum Gasteiger partial charge on any atom is -0.508 e. The zero-order valence-corrected chi connectivity index (χ0v) is 40.5. The Morgan fingerprint density at radius 3 is 2.49 bits per heavy atom. The number of phenols is 1. The summed E-state index contributed by atoms with van der Waals surface area (Å²) in [6.45, 7) is 16.1. The summed E-state index contributed by atoms with van der Waals surface area (Å²) in [4.78, 5) is 64.0. The van der Waals surface area contributed by atoms with E-state index in [-0.39, 0.29) is 55.9 Å². The van der Waals surface area contributed by atoms with Crippen molar-refractivity contribution >= 4 is 44.4 Å². The predicted molar refractivity (Wildman–Crippen MR) is 255 cm³/mol. The van der Waals surface area contributed by atoms with Gasteiger partial charge in [-0.2, -0.15) is 0 Å². The van der Waals surface area contributed by atoms with Gasteiger partial charge < -0.3 is 24.6 Å². The van der Waals surface area contributed by atoms with E-state index in [1.165, 1.54) is 5.01 Å². The molecule has 6 bridgehead atoms. The number of fused-ring (bicyclic) bond motifs is 6. The van der Waals surface area contributed by atoms with Crippen LogP contribution in [0.3, 0.4) is 0 Å². The average molecular weight is 936 g/mol. The molecule has 0 unspecified atom stereocenters. The number of hydrogen-bond donors (Lipinski definition) is 4.